The lowest BCUT2D eigenvalue weighted by Gasteiger charge is -2.31. The first-order valence-electron chi connectivity index (χ1n) is 8.76. The molecule has 0 fully saturated rings. The molecular weight excluding hydrogens is 376 g/mol. The van der Waals surface area contributed by atoms with Crippen molar-refractivity contribution < 1.29 is 38.1 Å². The van der Waals surface area contributed by atoms with Crippen LogP contribution in [0.4, 0.5) is 19.2 Å². The Balaban J connectivity index is 5.21. The highest BCUT2D eigenvalue weighted by Gasteiger charge is 2.38. The summed E-state index contributed by atoms with van der Waals surface area (Å²) < 4.78 is 20.3. The van der Waals surface area contributed by atoms with Gasteiger partial charge in [0.15, 0.2) is 0 Å². The second-order valence-corrected chi connectivity index (χ2v) is 5.83. The van der Waals surface area contributed by atoms with Gasteiger partial charge >= 0.3 is 24.4 Å². The van der Waals surface area contributed by atoms with Gasteiger partial charge in [0.1, 0.15) is 31.8 Å². The maximum Gasteiger partial charge on any atom is 0.407 e. The summed E-state index contributed by atoms with van der Waals surface area (Å²) in [5, 5.41) is 9.37. The Morgan fingerprint density at radius 3 is 1.36 bits per heavy atom. The smallest absolute Gasteiger partial charge is 0.407 e. The van der Waals surface area contributed by atoms with Crippen LogP contribution in [0.25, 0.3) is 0 Å². The van der Waals surface area contributed by atoms with Crippen LogP contribution in [0.15, 0.2) is 0 Å². The summed E-state index contributed by atoms with van der Waals surface area (Å²) >= 11 is 0. The van der Waals surface area contributed by atoms with E-state index in [-0.39, 0.29) is 26.4 Å². The maximum atomic E-state index is 11.9. The van der Waals surface area contributed by atoms with Crippen LogP contribution in [0, 0.1) is 5.41 Å². The van der Waals surface area contributed by atoms with Crippen molar-refractivity contribution >= 4 is 24.4 Å². The van der Waals surface area contributed by atoms with E-state index in [1.165, 1.54) is 21.1 Å². The molecule has 0 aromatic carbocycles. The molecule has 0 saturated heterocycles. The summed E-state index contributed by atoms with van der Waals surface area (Å²) in [5.41, 5.74) is -1.31. The topological polar surface area (TPSA) is 153 Å². The standard InChI is InChI=1S/C16H30N4O8/c1-5-6-7-20-15(24)28-11-16(8-25-12(21)17-2,9-26-13(22)18-3)10-27-14(23)19-4/h5-11H2,1-4H3,(H,17,21)(H,18,22)(H,19,23)(H,20,24). The highest BCUT2D eigenvalue weighted by atomic mass is 16.6. The van der Waals surface area contributed by atoms with Gasteiger partial charge in [0.05, 0.1) is 0 Å². The summed E-state index contributed by atoms with van der Waals surface area (Å²) in [4.78, 5) is 46.3. The van der Waals surface area contributed by atoms with Crippen molar-refractivity contribution in [3.8, 4) is 0 Å². The number of unbranched alkanes of at least 4 members (excludes halogenated alkanes) is 1. The second kappa shape index (κ2) is 14.2. The number of carbonyl (C=O) groups is 4. The highest BCUT2D eigenvalue weighted by Crippen LogP contribution is 2.21. The van der Waals surface area contributed by atoms with Gasteiger partial charge in [-0.3, -0.25) is 0 Å². The van der Waals surface area contributed by atoms with Crippen LogP contribution in [0.1, 0.15) is 19.8 Å². The molecule has 12 heteroatoms. The SMILES string of the molecule is CCCCNC(=O)OCC(COC(=O)NC)(COC(=O)NC)COC(=O)NC. The molecule has 0 heterocycles. The van der Waals surface area contributed by atoms with Gasteiger partial charge in [0.25, 0.3) is 0 Å². The molecule has 28 heavy (non-hydrogen) atoms. The molecule has 0 aromatic rings. The first-order valence-corrected chi connectivity index (χ1v) is 8.76. The number of nitrogens with one attached hydrogen (secondary N) is 4. The molecule has 0 spiro atoms. The molecule has 0 atom stereocenters. The molecule has 0 saturated carbocycles. The molecule has 0 aliphatic rings. The zero-order valence-electron chi connectivity index (χ0n) is 16.7. The van der Waals surface area contributed by atoms with Gasteiger partial charge in [-0.25, -0.2) is 19.2 Å². The molecule has 0 radical (unpaired) electrons. The molecule has 162 valence electrons. The Morgan fingerprint density at radius 1 is 0.679 bits per heavy atom. The van der Waals surface area contributed by atoms with E-state index in [2.05, 4.69) is 21.3 Å². The molecular formula is C16H30N4O8. The fourth-order valence-electron chi connectivity index (χ4n) is 1.76. The number of amides is 4. The third-order valence-electron chi connectivity index (χ3n) is 3.45. The van der Waals surface area contributed by atoms with Crippen LogP contribution in [0.2, 0.25) is 0 Å². The number of hydrogen-bond donors (Lipinski definition) is 4. The number of hydrogen-bond acceptors (Lipinski definition) is 8. The highest BCUT2D eigenvalue weighted by molar-refractivity contribution is 5.68. The van der Waals surface area contributed by atoms with Crippen molar-refractivity contribution in [2.75, 3.05) is 54.1 Å². The van der Waals surface area contributed by atoms with E-state index in [0.717, 1.165) is 12.8 Å². The van der Waals surface area contributed by atoms with E-state index in [9.17, 15) is 19.2 Å². The predicted molar refractivity (Wildman–Crippen MR) is 97.9 cm³/mol. The third kappa shape index (κ3) is 10.9. The molecule has 4 amide bonds. The fraction of sp³-hybridized carbons (Fsp3) is 0.750. The summed E-state index contributed by atoms with van der Waals surface area (Å²) in [6.07, 6.45) is -1.29. The molecule has 0 aliphatic heterocycles. The number of rotatable bonds is 11. The van der Waals surface area contributed by atoms with Gasteiger partial charge in [-0.15, -0.1) is 0 Å². The summed E-state index contributed by atoms with van der Waals surface area (Å²) in [5.74, 6) is 0. The van der Waals surface area contributed by atoms with E-state index in [4.69, 9.17) is 18.9 Å². The van der Waals surface area contributed by atoms with Crippen LogP contribution >= 0.6 is 0 Å². The van der Waals surface area contributed by atoms with Crippen LogP contribution in [0.3, 0.4) is 0 Å². The Kier molecular flexibility index (Phi) is 12.7. The van der Waals surface area contributed by atoms with E-state index < -0.39 is 29.8 Å². The van der Waals surface area contributed by atoms with E-state index in [1.54, 1.807) is 0 Å². The van der Waals surface area contributed by atoms with Crippen molar-refractivity contribution in [1.82, 2.24) is 21.3 Å². The minimum atomic E-state index is -1.31. The largest absolute Gasteiger partial charge is 0.449 e. The number of carbonyl (C=O) groups excluding carboxylic acids is 4. The second-order valence-electron chi connectivity index (χ2n) is 5.83. The molecule has 0 rings (SSSR count). The summed E-state index contributed by atoms with van der Waals surface area (Å²) in [6.45, 7) is 1.03. The average Bonchev–Trinajstić information content (AvgIpc) is 2.71. The average molecular weight is 406 g/mol. The van der Waals surface area contributed by atoms with Crippen molar-refractivity contribution in [2.45, 2.75) is 19.8 Å². The number of ether oxygens (including phenoxy) is 4. The van der Waals surface area contributed by atoms with E-state index in [1.807, 2.05) is 6.92 Å². The van der Waals surface area contributed by atoms with Gasteiger partial charge < -0.3 is 40.2 Å². The first-order chi connectivity index (χ1) is 13.3. The van der Waals surface area contributed by atoms with Gasteiger partial charge in [-0.05, 0) is 6.42 Å². The Morgan fingerprint density at radius 2 is 1.04 bits per heavy atom. The fourth-order valence-corrected chi connectivity index (χ4v) is 1.76. The predicted octanol–water partition coefficient (Wildman–Crippen LogP) is 0.567. The summed E-state index contributed by atoms with van der Waals surface area (Å²) in [6, 6.07) is 0. The van der Waals surface area contributed by atoms with Gasteiger partial charge in [0, 0.05) is 27.7 Å². The normalized spacial score (nSPS) is 10.3. The lowest BCUT2D eigenvalue weighted by molar-refractivity contribution is -0.0481. The van der Waals surface area contributed by atoms with Crippen LogP contribution < -0.4 is 21.3 Å². The third-order valence-corrected chi connectivity index (χ3v) is 3.45. The van der Waals surface area contributed by atoms with Crippen LogP contribution in [-0.2, 0) is 18.9 Å². The molecule has 0 unspecified atom stereocenters. The van der Waals surface area contributed by atoms with Gasteiger partial charge in [-0.2, -0.15) is 0 Å². The zero-order chi connectivity index (χ0) is 21.4. The van der Waals surface area contributed by atoms with Crippen molar-refractivity contribution in [2.24, 2.45) is 5.41 Å². The van der Waals surface area contributed by atoms with Crippen LogP contribution in [0.5, 0.6) is 0 Å². The van der Waals surface area contributed by atoms with Crippen LogP contribution in [-0.4, -0.2) is 78.5 Å². The molecule has 0 aromatic heterocycles. The first kappa shape index (κ1) is 25.1. The Bertz CT molecular complexity index is 465. The summed E-state index contributed by atoms with van der Waals surface area (Å²) in [7, 11) is 4.09. The monoisotopic (exact) mass is 406 g/mol. The lowest BCUT2D eigenvalue weighted by atomic mass is 9.92. The molecule has 12 nitrogen and oxygen atoms in total. The van der Waals surface area contributed by atoms with Crippen molar-refractivity contribution in [1.29, 1.82) is 0 Å². The van der Waals surface area contributed by atoms with Gasteiger partial charge in [0.2, 0.25) is 0 Å². The molecule has 0 aliphatic carbocycles. The Labute approximate surface area is 164 Å². The number of alkyl carbamates (subject to hydrolysis) is 4. The minimum Gasteiger partial charge on any atom is -0.449 e. The zero-order valence-corrected chi connectivity index (χ0v) is 16.7. The Hall–Kier alpha value is -2.92. The maximum absolute atomic E-state index is 11.9. The lowest BCUT2D eigenvalue weighted by Crippen LogP contribution is -2.46. The van der Waals surface area contributed by atoms with E-state index >= 15 is 0 Å². The van der Waals surface area contributed by atoms with Crippen molar-refractivity contribution in [3.63, 3.8) is 0 Å². The molecule has 4 N–H and O–H groups in total. The molecule has 0 bridgehead atoms. The minimum absolute atomic E-state index is 0.337. The van der Waals surface area contributed by atoms with Crippen molar-refractivity contribution in [3.05, 3.63) is 0 Å². The van der Waals surface area contributed by atoms with Gasteiger partial charge in [-0.1, -0.05) is 13.3 Å². The quantitative estimate of drug-likeness (QED) is 0.287. The van der Waals surface area contributed by atoms with E-state index in [0.29, 0.717) is 6.54 Å².